The van der Waals surface area contributed by atoms with Gasteiger partial charge in [0.05, 0.1) is 16.5 Å². The first-order valence-electron chi connectivity index (χ1n) is 5.97. The summed E-state index contributed by atoms with van der Waals surface area (Å²) in [4.78, 5) is 25.7. The lowest BCUT2D eigenvalue weighted by Crippen LogP contribution is -2.41. The number of thiophene rings is 1. The fourth-order valence-corrected chi connectivity index (χ4v) is 3.58. The first-order valence-corrected chi connectivity index (χ1v) is 7.54. The second-order valence-corrected chi connectivity index (χ2v) is 6.43. The van der Waals surface area contributed by atoms with Crippen LogP contribution in [-0.2, 0) is 9.53 Å². The van der Waals surface area contributed by atoms with Gasteiger partial charge in [-0.3, -0.25) is 4.79 Å². The zero-order valence-electron chi connectivity index (χ0n) is 10.3. The standard InChI is InChI=1S/C12H13Cl2NO3S/c1-2-18-12(17)8-4-3-5-15(8)11(16)7-6-9(13)19-10(7)14/h6,8H,2-5H2,1H3. The summed E-state index contributed by atoms with van der Waals surface area (Å²) in [6, 6.07) is 1.03. The molecule has 1 aliphatic rings. The van der Waals surface area contributed by atoms with Crippen LogP contribution in [0.2, 0.25) is 8.67 Å². The Kier molecular flexibility index (Phi) is 4.71. The molecule has 0 spiro atoms. The van der Waals surface area contributed by atoms with Gasteiger partial charge in [-0.1, -0.05) is 23.2 Å². The van der Waals surface area contributed by atoms with Crippen molar-refractivity contribution in [2.24, 2.45) is 0 Å². The van der Waals surface area contributed by atoms with Gasteiger partial charge in [-0.15, -0.1) is 11.3 Å². The lowest BCUT2D eigenvalue weighted by molar-refractivity contribution is -0.147. The molecule has 104 valence electrons. The largest absolute Gasteiger partial charge is 0.464 e. The van der Waals surface area contributed by atoms with E-state index < -0.39 is 6.04 Å². The Bertz CT molecular complexity index is 503. The summed E-state index contributed by atoms with van der Waals surface area (Å²) in [5.41, 5.74) is 0.355. The summed E-state index contributed by atoms with van der Waals surface area (Å²) >= 11 is 13.0. The third-order valence-electron chi connectivity index (χ3n) is 2.96. The Hall–Kier alpha value is -0.780. The Morgan fingerprint density at radius 3 is 2.84 bits per heavy atom. The molecule has 0 aromatic carbocycles. The van der Waals surface area contributed by atoms with Gasteiger partial charge in [-0.25, -0.2) is 4.79 Å². The molecule has 1 fully saturated rings. The molecule has 0 saturated carbocycles. The van der Waals surface area contributed by atoms with Gasteiger partial charge in [0.25, 0.3) is 5.91 Å². The molecular weight excluding hydrogens is 309 g/mol. The second-order valence-electron chi connectivity index (χ2n) is 4.15. The van der Waals surface area contributed by atoms with E-state index in [1.54, 1.807) is 6.92 Å². The fourth-order valence-electron chi connectivity index (χ4n) is 2.13. The van der Waals surface area contributed by atoms with E-state index in [0.717, 1.165) is 17.8 Å². The lowest BCUT2D eigenvalue weighted by atomic mass is 10.2. The number of amides is 1. The van der Waals surface area contributed by atoms with E-state index in [-0.39, 0.29) is 11.9 Å². The summed E-state index contributed by atoms with van der Waals surface area (Å²) in [5, 5.41) is 0. The van der Waals surface area contributed by atoms with Gasteiger partial charge in [0.2, 0.25) is 0 Å². The maximum absolute atomic E-state index is 12.4. The van der Waals surface area contributed by atoms with Crippen LogP contribution in [0.15, 0.2) is 6.07 Å². The minimum Gasteiger partial charge on any atom is -0.464 e. The Morgan fingerprint density at radius 1 is 1.53 bits per heavy atom. The molecule has 2 heterocycles. The van der Waals surface area contributed by atoms with Crippen molar-refractivity contribution >= 4 is 46.4 Å². The number of ether oxygens (including phenoxy) is 1. The average Bonchev–Trinajstić information content (AvgIpc) is 2.95. The van der Waals surface area contributed by atoms with Crippen LogP contribution in [0.4, 0.5) is 0 Å². The molecule has 1 saturated heterocycles. The van der Waals surface area contributed by atoms with Gasteiger partial charge >= 0.3 is 5.97 Å². The van der Waals surface area contributed by atoms with E-state index in [9.17, 15) is 9.59 Å². The maximum atomic E-state index is 12.4. The molecule has 1 aromatic rings. The Labute approximate surface area is 125 Å². The van der Waals surface area contributed by atoms with Crippen molar-refractivity contribution in [3.05, 3.63) is 20.3 Å². The highest BCUT2D eigenvalue weighted by atomic mass is 35.5. The van der Waals surface area contributed by atoms with Crippen molar-refractivity contribution in [3.63, 3.8) is 0 Å². The highest BCUT2D eigenvalue weighted by molar-refractivity contribution is 7.20. The van der Waals surface area contributed by atoms with E-state index in [1.807, 2.05) is 0 Å². The number of likely N-dealkylation sites (tertiary alicyclic amines) is 1. The van der Waals surface area contributed by atoms with E-state index >= 15 is 0 Å². The molecule has 7 heteroatoms. The number of hydrogen-bond acceptors (Lipinski definition) is 4. The second kappa shape index (κ2) is 6.11. The molecule has 0 aliphatic carbocycles. The van der Waals surface area contributed by atoms with Crippen molar-refractivity contribution in [1.29, 1.82) is 0 Å². The SMILES string of the molecule is CCOC(=O)C1CCCN1C(=O)c1cc(Cl)sc1Cl. The highest BCUT2D eigenvalue weighted by Crippen LogP contribution is 2.33. The molecule has 1 aliphatic heterocycles. The normalized spacial score (nSPS) is 18.7. The Balaban J connectivity index is 2.18. The van der Waals surface area contributed by atoms with Gasteiger partial charge in [0, 0.05) is 6.54 Å². The van der Waals surface area contributed by atoms with Gasteiger partial charge in [0.1, 0.15) is 10.4 Å². The van der Waals surface area contributed by atoms with Crippen LogP contribution < -0.4 is 0 Å². The highest BCUT2D eigenvalue weighted by Gasteiger charge is 2.36. The van der Waals surface area contributed by atoms with Gasteiger partial charge in [-0.05, 0) is 25.8 Å². The van der Waals surface area contributed by atoms with Crippen LogP contribution in [0.1, 0.15) is 30.1 Å². The van der Waals surface area contributed by atoms with Crippen molar-refractivity contribution in [1.82, 2.24) is 4.90 Å². The summed E-state index contributed by atoms with van der Waals surface area (Å²) in [6.07, 6.45) is 1.41. The van der Waals surface area contributed by atoms with Crippen LogP contribution in [-0.4, -0.2) is 36.0 Å². The van der Waals surface area contributed by atoms with Gasteiger partial charge < -0.3 is 9.64 Å². The lowest BCUT2D eigenvalue weighted by Gasteiger charge is -2.22. The summed E-state index contributed by atoms with van der Waals surface area (Å²) in [5.74, 6) is -0.616. The average molecular weight is 322 g/mol. The number of carbonyl (C=O) groups excluding carboxylic acids is 2. The summed E-state index contributed by atoms with van der Waals surface area (Å²) in [6.45, 7) is 2.59. The quantitative estimate of drug-likeness (QED) is 0.803. The van der Waals surface area contributed by atoms with Crippen LogP contribution in [0.5, 0.6) is 0 Å². The molecule has 0 radical (unpaired) electrons. The first kappa shape index (κ1) is 14.6. The number of rotatable bonds is 3. The van der Waals surface area contributed by atoms with Crippen molar-refractivity contribution in [2.75, 3.05) is 13.2 Å². The predicted octanol–water partition coefficient (Wildman–Crippen LogP) is 3.22. The van der Waals surface area contributed by atoms with Crippen LogP contribution in [0.3, 0.4) is 0 Å². The molecule has 2 rings (SSSR count). The first-order chi connectivity index (χ1) is 9.04. The van der Waals surface area contributed by atoms with Crippen LogP contribution >= 0.6 is 34.5 Å². The molecule has 4 nitrogen and oxygen atoms in total. The van der Waals surface area contributed by atoms with E-state index in [4.69, 9.17) is 27.9 Å². The fraction of sp³-hybridized carbons (Fsp3) is 0.500. The van der Waals surface area contributed by atoms with E-state index in [2.05, 4.69) is 0 Å². The van der Waals surface area contributed by atoms with Crippen LogP contribution in [0.25, 0.3) is 0 Å². The zero-order chi connectivity index (χ0) is 14.0. The molecule has 1 aromatic heterocycles. The van der Waals surface area contributed by atoms with Crippen molar-refractivity contribution < 1.29 is 14.3 Å². The topological polar surface area (TPSA) is 46.6 Å². The Morgan fingerprint density at radius 2 is 2.26 bits per heavy atom. The van der Waals surface area contributed by atoms with Crippen LogP contribution in [0, 0.1) is 0 Å². The predicted molar refractivity (Wildman–Crippen MR) is 75.0 cm³/mol. The maximum Gasteiger partial charge on any atom is 0.328 e. The van der Waals surface area contributed by atoms with Crippen molar-refractivity contribution in [2.45, 2.75) is 25.8 Å². The number of nitrogens with zero attached hydrogens (tertiary/aromatic N) is 1. The number of esters is 1. The van der Waals surface area contributed by atoms with E-state index in [0.29, 0.717) is 33.8 Å². The van der Waals surface area contributed by atoms with Crippen molar-refractivity contribution in [3.8, 4) is 0 Å². The molecule has 1 amide bonds. The number of halogens is 2. The third kappa shape index (κ3) is 3.04. The molecule has 19 heavy (non-hydrogen) atoms. The summed E-state index contributed by atoms with van der Waals surface area (Å²) in [7, 11) is 0. The molecule has 0 bridgehead atoms. The molecule has 0 N–H and O–H groups in total. The molecule has 1 unspecified atom stereocenters. The monoisotopic (exact) mass is 321 g/mol. The minimum atomic E-state index is -0.512. The number of carbonyl (C=O) groups is 2. The number of hydrogen-bond donors (Lipinski definition) is 0. The molecule has 1 atom stereocenters. The van der Waals surface area contributed by atoms with Gasteiger partial charge in [-0.2, -0.15) is 0 Å². The smallest absolute Gasteiger partial charge is 0.328 e. The zero-order valence-corrected chi connectivity index (χ0v) is 12.6. The van der Waals surface area contributed by atoms with E-state index in [1.165, 1.54) is 11.0 Å². The summed E-state index contributed by atoms with van der Waals surface area (Å²) < 4.78 is 5.80. The molecular formula is C12H13Cl2NO3S. The van der Waals surface area contributed by atoms with Gasteiger partial charge in [0.15, 0.2) is 0 Å². The minimum absolute atomic E-state index is 0.260. The third-order valence-corrected chi connectivity index (χ3v) is 4.45.